The van der Waals surface area contributed by atoms with Crippen LogP contribution >= 0.6 is 0 Å². The quantitative estimate of drug-likeness (QED) is 0.334. The van der Waals surface area contributed by atoms with E-state index in [0.717, 1.165) is 40.0 Å². The number of rotatable bonds is 6. The number of nitrogens with one attached hydrogen (secondary N) is 1. The van der Waals surface area contributed by atoms with E-state index < -0.39 is 0 Å². The van der Waals surface area contributed by atoms with Crippen molar-refractivity contribution in [1.82, 2.24) is 14.1 Å². The van der Waals surface area contributed by atoms with Gasteiger partial charge in [0.05, 0.1) is 17.4 Å². The smallest absolute Gasteiger partial charge is 0.146 e. The van der Waals surface area contributed by atoms with Crippen LogP contribution in [0.5, 0.6) is 0 Å². The lowest BCUT2D eigenvalue weighted by atomic mass is 9.99. The van der Waals surface area contributed by atoms with Crippen molar-refractivity contribution in [3.05, 3.63) is 108 Å². The fourth-order valence-electron chi connectivity index (χ4n) is 4.52. The van der Waals surface area contributed by atoms with Gasteiger partial charge in [-0.25, -0.2) is 4.98 Å². The molecule has 0 saturated heterocycles. The van der Waals surface area contributed by atoms with Gasteiger partial charge in [-0.05, 0) is 22.6 Å². The molecule has 0 aliphatic carbocycles. The number of aromatic nitrogens is 3. The Labute approximate surface area is 194 Å². The molecule has 33 heavy (non-hydrogen) atoms. The average Bonchev–Trinajstić information content (AvgIpc) is 3.17. The Kier molecular flexibility index (Phi) is 5.66. The highest BCUT2D eigenvalue weighted by Gasteiger charge is 2.23. The van der Waals surface area contributed by atoms with Gasteiger partial charge in [0, 0.05) is 18.7 Å². The molecule has 0 unspecified atom stereocenters. The van der Waals surface area contributed by atoms with E-state index >= 15 is 0 Å². The number of nitrogens with zero attached hydrogens (tertiary/aromatic N) is 3. The van der Waals surface area contributed by atoms with Crippen LogP contribution in [-0.4, -0.2) is 14.1 Å². The molecule has 0 atom stereocenters. The number of hydrogen-bond acceptors (Lipinski definition) is 2. The van der Waals surface area contributed by atoms with Crippen LogP contribution < -0.4 is 5.49 Å². The summed E-state index contributed by atoms with van der Waals surface area (Å²) >= 11 is 0. The van der Waals surface area contributed by atoms with Crippen molar-refractivity contribution in [2.75, 3.05) is 0 Å². The van der Waals surface area contributed by atoms with Crippen LogP contribution in [0.4, 0.5) is 0 Å². The first-order chi connectivity index (χ1) is 16.1. The summed E-state index contributed by atoms with van der Waals surface area (Å²) in [5.41, 5.74) is 6.97. The minimum absolute atomic E-state index is 0.429. The maximum absolute atomic E-state index is 9.18. The Morgan fingerprint density at radius 3 is 1.97 bits per heavy atom. The summed E-state index contributed by atoms with van der Waals surface area (Å²) in [5, 5.41) is 10.1. The lowest BCUT2D eigenvalue weighted by Crippen LogP contribution is -2.23. The molecular weight excluding hydrogens is 404 g/mol. The minimum Gasteiger partial charge on any atom is -0.320 e. The Morgan fingerprint density at radius 1 is 0.788 bits per heavy atom. The number of fused-ring (bicyclic) bond motifs is 1. The van der Waals surface area contributed by atoms with Crippen LogP contribution in [0.15, 0.2) is 97.3 Å². The molecule has 5 aromatic rings. The molecule has 5 rings (SSSR count). The van der Waals surface area contributed by atoms with E-state index in [0.29, 0.717) is 18.0 Å². The van der Waals surface area contributed by atoms with E-state index in [2.05, 4.69) is 91.2 Å². The molecule has 0 bridgehead atoms. The zero-order valence-electron chi connectivity index (χ0n) is 19.1. The van der Waals surface area contributed by atoms with Crippen molar-refractivity contribution in [2.45, 2.75) is 26.9 Å². The molecule has 0 spiro atoms. The monoisotopic (exact) mass is 432 g/mol. The summed E-state index contributed by atoms with van der Waals surface area (Å²) in [6.07, 6.45) is 1.83. The van der Waals surface area contributed by atoms with E-state index in [-0.39, 0.29) is 0 Å². The molecule has 2 aromatic heterocycles. The zero-order chi connectivity index (χ0) is 22.8. The van der Waals surface area contributed by atoms with E-state index in [9.17, 15) is 5.41 Å². The van der Waals surface area contributed by atoms with Crippen molar-refractivity contribution in [2.24, 2.45) is 5.92 Å². The number of hydrogen-bond donors (Lipinski definition) is 1. The number of benzene rings is 3. The lowest BCUT2D eigenvalue weighted by Gasteiger charge is -2.13. The summed E-state index contributed by atoms with van der Waals surface area (Å²) in [4.78, 5) is 4.93. The van der Waals surface area contributed by atoms with Gasteiger partial charge in [0.15, 0.2) is 0 Å². The average molecular weight is 433 g/mol. The van der Waals surface area contributed by atoms with E-state index in [1.54, 1.807) is 0 Å². The molecule has 4 nitrogen and oxygen atoms in total. The third-order valence-corrected chi connectivity index (χ3v) is 5.93. The highest BCUT2D eigenvalue weighted by atomic mass is 15.1. The zero-order valence-corrected chi connectivity index (χ0v) is 19.1. The molecule has 4 heteroatoms. The molecule has 0 amide bonds. The van der Waals surface area contributed by atoms with Gasteiger partial charge in [0.1, 0.15) is 11.1 Å². The van der Waals surface area contributed by atoms with Crippen molar-refractivity contribution < 1.29 is 0 Å². The second-order valence-electron chi connectivity index (χ2n) is 8.87. The topological polar surface area (TPSA) is 46.6 Å². The maximum atomic E-state index is 9.18. The predicted molar refractivity (Wildman–Crippen MR) is 135 cm³/mol. The van der Waals surface area contributed by atoms with E-state index in [1.165, 1.54) is 5.56 Å². The van der Waals surface area contributed by atoms with Crippen LogP contribution in [0, 0.1) is 11.3 Å². The molecular formula is C29H28N4. The Balaban J connectivity index is 1.90. The largest absolute Gasteiger partial charge is 0.320 e. The third kappa shape index (κ3) is 4.00. The van der Waals surface area contributed by atoms with E-state index in [4.69, 9.17) is 4.98 Å². The van der Waals surface area contributed by atoms with Crippen molar-refractivity contribution >= 4 is 11.0 Å². The van der Waals surface area contributed by atoms with Crippen LogP contribution in [0.1, 0.15) is 19.4 Å². The van der Waals surface area contributed by atoms with Crippen LogP contribution in [0.3, 0.4) is 0 Å². The SMILES string of the molecule is CC(C)Cn1cnc2c(c(-c3ccccc3)c(-c3ccccc3)n2Cc2ccccc2)c1=N. The maximum Gasteiger partial charge on any atom is 0.146 e. The first kappa shape index (κ1) is 21.0. The minimum atomic E-state index is 0.429. The normalized spacial score (nSPS) is 11.4. The first-order valence-electron chi connectivity index (χ1n) is 11.4. The van der Waals surface area contributed by atoms with Gasteiger partial charge < -0.3 is 9.13 Å². The molecule has 3 aromatic carbocycles. The fraction of sp³-hybridized carbons (Fsp3) is 0.172. The van der Waals surface area contributed by atoms with Gasteiger partial charge in [0.25, 0.3) is 0 Å². The molecule has 0 aliphatic heterocycles. The molecule has 0 aliphatic rings. The highest BCUT2D eigenvalue weighted by Crippen LogP contribution is 2.39. The van der Waals surface area contributed by atoms with Gasteiger partial charge in [-0.2, -0.15) is 0 Å². The van der Waals surface area contributed by atoms with Crippen LogP contribution in [0.2, 0.25) is 0 Å². The van der Waals surface area contributed by atoms with Crippen molar-refractivity contribution in [1.29, 1.82) is 5.41 Å². The third-order valence-electron chi connectivity index (χ3n) is 5.93. The molecule has 0 fully saturated rings. The van der Waals surface area contributed by atoms with Crippen molar-refractivity contribution in [3.63, 3.8) is 0 Å². The molecule has 1 N–H and O–H groups in total. The standard InChI is InChI=1S/C29H28N4/c1-21(2)18-32-20-31-29-26(28(32)30)25(23-14-8-4-9-15-23)27(24-16-10-5-11-17-24)33(29)19-22-12-6-3-7-13-22/h3-17,20-21,30H,18-19H2,1-2H3. The molecule has 164 valence electrons. The molecule has 0 saturated carbocycles. The van der Waals surface area contributed by atoms with Gasteiger partial charge in [-0.15, -0.1) is 0 Å². The van der Waals surface area contributed by atoms with Gasteiger partial charge in [0.2, 0.25) is 0 Å². The van der Waals surface area contributed by atoms with Crippen LogP contribution in [0.25, 0.3) is 33.4 Å². The molecule has 2 heterocycles. The summed E-state index contributed by atoms with van der Waals surface area (Å²) in [5.74, 6) is 0.429. The highest BCUT2D eigenvalue weighted by molar-refractivity contribution is 6.02. The summed E-state index contributed by atoms with van der Waals surface area (Å²) in [6, 6.07) is 31.4. The van der Waals surface area contributed by atoms with Crippen LogP contribution in [-0.2, 0) is 13.1 Å². The van der Waals surface area contributed by atoms with Crippen molar-refractivity contribution in [3.8, 4) is 22.4 Å². The fourth-order valence-corrected chi connectivity index (χ4v) is 4.52. The predicted octanol–water partition coefficient (Wildman–Crippen LogP) is 6.36. The van der Waals surface area contributed by atoms with Gasteiger partial charge >= 0.3 is 0 Å². The Bertz CT molecular complexity index is 1430. The Hall–Kier alpha value is -3.92. The van der Waals surface area contributed by atoms with Gasteiger partial charge in [-0.3, -0.25) is 5.41 Å². The summed E-state index contributed by atoms with van der Waals surface area (Å²) < 4.78 is 4.25. The van der Waals surface area contributed by atoms with Gasteiger partial charge in [-0.1, -0.05) is 105 Å². The first-order valence-corrected chi connectivity index (χ1v) is 11.4. The second kappa shape index (κ2) is 8.91. The van der Waals surface area contributed by atoms with E-state index in [1.807, 2.05) is 29.1 Å². The lowest BCUT2D eigenvalue weighted by molar-refractivity contribution is 0.501. The Morgan fingerprint density at radius 2 is 1.36 bits per heavy atom. The summed E-state index contributed by atoms with van der Waals surface area (Å²) in [6.45, 7) is 5.80. The summed E-state index contributed by atoms with van der Waals surface area (Å²) in [7, 11) is 0. The second-order valence-corrected chi connectivity index (χ2v) is 8.87. The molecule has 0 radical (unpaired) electrons.